The summed E-state index contributed by atoms with van der Waals surface area (Å²) in [4.78, 5) is 16.5. The van der Waals surface area contributed by atoms with Crippen LogP contribution in [0.3, 0.4) is 0 Å². The smallest absolute Gasteiger partial charge is 0.222 e. The number of imidazole rings is 1. The zero-order valence-corrected chi connectivity index (χ0v) is 13.6. The average Bonchev–Trinajstić information content (AvgIpc) is 3.00. The van der Waals surface area contributed by atoms with Crippen molar-refractivity contribution in [2.75, 3.05) is 6.54 Å². The predicted octanol–water partition coefficient (Wildman–Crippen LogP) is 2.43. The molecular formula is C19H21N3O2. The molecule has 0 aliphatic carbocycles. The van der Waals surface area contributed by atoms with Crippen LogP contribution in [-0.2, 0) is 11.2 Å². The molecule has 0 aliphatic rings. The van der Waals surface area contributed by atoms with Crippen molar-refractivity contribution in [2.24, 2.45) is 0 Å². The van der Waals surface area contributed by atoms with Crippen molar-refractivity contribution >= 4 is 11.6 Å². The quantitative estimate of drug-likeness (QED) is 0.732. The van der Waals surface area contributed by atoms with Crippen LogP contribution in [0.2, 0.25) is 0 Å². The summed E-state index contributed by atoms with van der Waals surface area (Å²) in [5.74, 6) is -0.161. The van der Waals surface area contributed by atoms with E-state index >= 15 is 0 Å². The van der Waals surface area contributed by atoms with Crippen LogP contribution in [0.25, 0.3) is 5.65 Å². The molecule has 24 heavy (non-hydrogen) atoms. The summed E-state index contributed by atoms with van der Waals surface area (Å²) in [5.41, 5.74) is 3.76. The van der Waals surface area contributed by atoms with Crippen LogP contribution in [-0.4, -0.2) is 26.9 Å². The lowest BCUT2D eigenvalue weighted by Gasteiger charge is -2.10. The van der Waals surface area contributed by atoms with Crippen LogP contribution in [0.5, 0.6) is 0 Å². The highest BCUT2D eigenvalue weighted by Gasteiger charge is 2.12. The fourth-order valence-corrected chi connectivity index (χ4v) is 2.70. The van der Waals surface area contributed by atoms with Gasteiger partial charge in [-0.2, -0.15) is 0 Å². The Balaban J connectivity index is 1.50. The molecule has 3 aromatic rings. The molecule has 1 aromatic carbocycles. The number of fused-ring (bicyclic) bond motifs is 1. The minimum atomic E-state index is -0.774. The fraction of sp³-hybridized carbons (Fsp3) is 0.263. The summed E-state index contributed by atoms with van der Waals surface area (Å²) in [6.45, 7) is 2.53. The van der Waals surface area contributed by atoms with E-state index in [1.165, 1.54) is 0 Å². The summed E-state index contributed by atoms with van der Waals surface area (Å²) in [6.07, 6.45) is 3.90. The number of hydrogen-bond donors (Lipinski definition) is 2. The molecule has 0 aliphatic heterocycles. The standard InChI is InChI=1S/C19H21N3O2/c1-14-6-5-11-22-13-16(21-19(14)22)9-10-20-18(24)12-17(23)15-7-3-2-4-8-15/h2-8,11,13,17,23H,9-10,12H2,1H3,(H,20,24). The van der Waals surface area contributed by atoms with E-state index < -0.39 is 6.10 Å². The van der Waals surface area contributed by atoms with Gasteiger partial charge in [-0.25, -0.2) is 4.98 Å². The number of benzene rings is 1. The number of rotatable bonds is 6. The topological polar surface area (TPSA) is 66.6 Å². The number of carbonyl (C=O) groups excluding carboxylic acids is 1. The first-order valence-corrected chi connectivity index (χ1v) is 8.06. The first-order valence-electron chi connectivity index (χ1n) is 8.06. The van der Waals surface area contributed by atoms with Crippen LogP contribution < -0.4 is 5.32 Å². The highest BCUT2D eigenvalue weighted by molar-refractivity contribution is 5.76. The van der Waals surface area contributed by atoms with Gasteiger partial charge in [0, 0.05) is 25.4 Å². The Labute approximate surface area is 141 Å². The fourth-order valence-electron chi connectivity index (χ4n) is 2.70. The van der Waals surface area contributed by atoms with Gasteiger partial charge in [-0.15, -0.1) is 0 Å². The Kier molecular flexibility index (Phi) is 4.91. The molecule has 0 saturated heterocycles. The number of aryl methyl sites for hydroxylation is 1. The van der Waals surface area contributed by atoms with Crippen molar-refractivity contribution in [1.82, 2.24) is 14.7 Å². The maximum Gasteiger partial charge on any atom is 0.222 e. The van der Waals surface area contributed by atoms with Crippen LogP contribution in [0.4, 0.5) is 0 Å². The monoisotopic (exact) mass is 323 g/mol. The summed E-state index contributed by atoms with van der Waals surface area (Å²) in [7, 11) is 0. The molecule has 124 valence electrons. The summed E-state index contributed by atoms with van der Waals surface area (Å²) in [5, 5.41) is 12.9. The van der Waals surface area contributed by atoms with E-state index in [4.69, 9.17) is 0 Å². The molecule has 0 bridgehead atoms. The number of carbonyl (C=O) groups is 1. The van der Waals surface area contributed by atoms with Crippen molar-refractivity contribution in [1.29, 1.82) is 0 Å². The minimum Gasteiger partial charge on any atom is -0.388 e. The lowest BCUT2D eigenvalue weighted by molar-refractivity contribution is -0.123. The maximum absolute atomic E-state index is 11.9. The van der Waals surface area contributed by atoms with Crippen LogP contribution in [0.1, 0.15) is 29.3 Å². The number of nitrogens with zero attached hydrogens (tertiary/aromatic N) is 2. The summed E-state index contributed by atoms with van der Waals surface area (Å²) < 4.78 is 1.99. The SMILES string of the molecule is Cc1cccn2cc(CCNC(=O)CC(O)c3ccccc3)nc12. The zero-order chi connectivity index (χ0) is 16.9. The summed E-state index contributed by atoms with van der Waals surface area (Å²) in [6, 6.07) is 13.2. The third-order valence-corrected chi connectivity index (χ3v) is 3.99. The Morgan fingerprint density at radius 2 is 2.04 bits per heavy atom. The van der Waals surface area contributed by atoms with Gasteiger partial charge in [-0.05, 0) is 24.1 Å². The van der Waals surface area contributed by atoms with Gasteiger partial charge in [-0.1, -0.05) is 36.4 Å². The van der Waals surface area contributed by atoms with E-state index in [1.807, 2.05) is 66.2 Å². The molecule has 5 nitrogen and oxygen atoms in total. The van der Waals surface area contributed by atoms with Crippen molar-refractivity contribution in [3.8, 4) is 0 Å². The van der Waals surface area contributed by atoms with Gasteiger partial charge in [0.15, 0.2) is 0 Å². The number of aromatic nitrogens is 2. The molecule has 2 heterocycles. The molecule has 2 aromatic heterocycles. The lowest BCUT2D eigenvalue weighted by Crippen LogP contribution is -2.27. The molecule has 1 unspecified atom stereocenters. The van der Waals surface area contributed by atoms with Crippen LogP contribution in [0, 0.1) is 6.92 Å². The molecule has 5 heteroatoms. The Bertz CT molecular complexity index is 827. The highest BCUT2D eigenvalue weighted by atomic mass is 16.3. The van der Waals surface area contributed by atoms with Crippen molar-refractivity contribution < 1.29 is 9.90 Å². The number of amides is 1. The molecule has 0 spiro atoms. The van der Waals surface area contributed by atoms with Gasteiger partial charge in [0.25, 0.3) is 0 Å². The summed E-state index contributed by atoms with van der Waals surface area (Å²) >= 11 is 0. The number of aliphatic hydroxyl groups is 1. The molecule has 0 radical (unpaired) electrons. The number of hydrogen-bond acceptors (Lipinski definition) is 3. The van der Waals surface area contributed by atoms with E-state index in [0.717, 1.165) is 22.5 Å². The average molecular weight is 323 g/mol. The van der Waals surface area contributed by atoms with E-state index in [0.29, 0.717) is 13.0 Å². The second-order valence-electron chi connectivity index (χ2n) is 5.88. The Hall–Kier alpha value is -2.66. The van der Waals surface area contributed by atoms with Crippen molar-refractivity contribution in [3.63, 3.8) is 0 Å². The van der Waals surface area contributed by atoms with E-state index in [2.05, 4.69) is 10.3 Å². The van der Waals surface area contributed by atoms with Gasteiger partial charge in [0.05, 0.1) is 18.2 Å². The van der Waals surface area contributed by atoms with E-state index in [9.17, 15) is 9.90 Å². The van der Waals surface area contributed by atoms with Gasteiger partial charge >= 0.3 is 0 Å². The first kappa shape index (κ1) is 16.2. The Morgan fingerprint density at radius 3 is 2.79 bits per heavy atom. The van der Waals surface area contributed by atoms with Crippen molar-refractivity contribution in [2.45, 2.75) is 25.9 Å². The molecule has 1 amide bonds. The predicted molar refractivity (Wildman–Crippen MR) is 92.7 cm³/mol. The van der Waals surface area contributed by atoms with E-state index in [1.54, 1.807) is 0 Å². The van der Waals surface area contributed by atoms with Gasteiger partial charge in [-0.3, -0.25) is 4.79 Å². The third-order valence-electron chi connectivity index (χ3n) is 3.99. The third kappa shape index (κ3) is 3.81. The normalized spacial score (nSPS) is 12.2. The van der Waals surface area contributed by atoms with Crippen molar-refractivity contribution in [3.05, 3.63) is 71.7 Å². The lowest BCUT2D eigenvalue weighted by atomic mass is 10.1. The number of nitrogens with one attached hydrogen (secondary N) is 1. The zero-order valence-electron chi connectivity index (χ0n) is 13.6. The largest absolute Gasteiger partial charge is 0.388 e. The minimum absolute atomic E-state index is 0.0638. The Morgan fingerprint density at radius 1 is 1.25 bits per heavy atom. The van der Waals surface area contributed by atoms with Crippen LogP contribution >= 0.6 is 0 Å². The second kappa shape index (κ2) is 7.27. The number of aliphatic hydroxyl groups excluding tert-OH is 1. The molecular weight excluding hydrogens is 302 g/mol. The van der Waals surface area contributed by atoms with Gasteiger partial charge in [0.1, 0.15) is 5.65 Å². The second-order valence-corrected chi connectivity index (χ2v) is 5.88. The van der Waals surface area contributed by atoms with Gasteiger partial charge < -0.3 is 14.8 Å². The molecule has 1 atom stereocenters. The van der Waals surface area contributed by atoms with Crippen LogP contribution in [0.15, 0.2) is 54.9 Å². The van der Waals surface area contributed by atoms with Gasteiger partial charge in [0.2, 0.25) is 5.91 Å². The first-order chi connectivity index (χ1) is 11.6. The molecule has 0 fully saturated rings. The highest BCUT2D eigenvalue weighted by Crippen LogP contribution is 2.15. The molecule has 0 saturated carbocycles. The molecule has 3 rings (SSSR count). The maximum atomic E-state index is 11.9. The molecule has 2 N–H and O–H groups in total. The number of pyridine rings is 1. The van der Waals surface area contributed by atoms with E-state index in [-0.39, 0.29) is 12.3 Å².